The molecule has 136 valence electrons. The fourth-order valence-electron chi connectivity index (χ4n) is 3.59. The van der Waals surface area contributed by atoms with Crippen LogP contribution in [-0.2, 0) is 9.59 Å². The lowest BCUT2D eigenvalue weighted by atomic mass is 10.1. The molecule has 2 saturated heterocycles. The molecule has 3 rings (SSSR count). The molecule has 2 fully saturated rings. The van der Waals surface area contributed by atoms with Gasteiger partial charge in [-0.15, -0.1) is 0 Å². The predicted molar refractivity (Wildman–Crippen MR) is 99.8 cm³/mol. The molecule has 2 amide bonds. The van der Waals surface area contributed by atoms with Crippen LogP contribution < -0.4 is 10.2 Å². The van der Waals surface area contributed by atoms with Crippen LogP contribution in [0, 0.1) is 0 Å². The Morgan fingerprint density at radius 3 is 2.24 bits per heavy atom. The molecule has 0 spiro atoms. The number of amides is 2. The molecule has 0 atom stereocenters. The van der Waals surface area contributed by atoms with Crippen molar-refractivity contribution in [1.82, 2.24) is 9.80 Å². The molecule has 0 bridgehead atoms. The maximum Gasteiger partial charge on any atom is 0.241 e. The van der Waals surface area contributed by atoms with Crippen LogP contribution in [0.5, 0.6) is 0 Å². The van der Waals surface area contributed by atoms with Gasteiger partial charge in [-0.05, 0) is 31.4 Å². The van der Waals surface area contributed by atoms with Crippen LogP contribution in [0.2, 0.25) is 0 Å². The molecule has 0 radical (unpaired) electrons. The van der Waals surface area contributed by atoms with Gasteiger partial charge in [0.1, 0.15) is 0 Å². The number of hydrogen-bond donors (Lipinski definition) is 1. The monoisotopic (exact) mass is 344 g/mol. The van der Waals surface area contributed by atoms with Crippen molar-refractivity contribution < 1.29 is 9.59 Å². The van der Waals surface area contributed by atoms with E-state index in [4.69, 9.17) is 0 Å². The molecule has 25 heavy (non-hydrogen) atoms. The van der Waals surface area contributed by atoms with E-state index in [2.05, 4.69) is 22.3 Å². The van der Waals surface area contributed by atoms with E-state index in [-0.39, 0.29) is 11.8 Å². The molecule has 6 nitrogen and oxygen atoms in total. The van der Waals surface area contributed by atoms with Crippen molar-refractivity contribution >= 4 is 23.2 Å². The van der Waals surface area contributed by atoms with Gasteiger partial charge in [0.2, 0.25) is 11.8 Å². The fourth-order valence-corrected chi connectivity index (χ4v) is 3.59. The van der Waals surface area contributed by atoms with Crippen LogP contribution in [0.4, 0.5) is 11.4 Å². The van der Waals surface area contributed by atoms with Crippen molar-refractivity contribution in [1.29, 1.82) is 0 Å². The lowest BCUT2D eigenvalue weighted by Crippen LogP contribution is -2.51. The SMILES string of the molecule is CC(=O)N1CCN(C(=O)CNc2ccccc2N2CCCCC2)CC1. The number of nitrogens with one attached hydrogen (secondary N) is 1. The topological polar surface area (TPSA) is 55.9 Å². The summed E-state index contributed by atoms with van der Waals surface area (Å²) in [6.07, 6.45) is 3.76. The van der Waals surface area contributed by atoms with Gasteiger partial charge in [0.25, 0.3) is 0 Å². The highest BCUT2D eigenvalue weighted by Gasteiger charge is 2.22. The van der Waals surface area contributed by atoms with Crippen LogP contribution in [0.25, 0.3) is 0 Å². The zero-order valence-corrected chi connectivity index (χ0v) is 15.0. The second kappa shape index (κ2) is 8.23. The summed E-state index contributed by atoms with van der Waals surface area (Å²) in [4.78, 5) is 29.9. The summed E-state index contributed by atoms with van der Waals surface area (Å²) >= 11 is 0. The molecule has 1 N–H and O–H groups in total. The van der Waals surface area contributed by atoms with E-state index in [1.807, 2.05) is 17.0 Å². The van der Waals surface area contributed by atoms with Crippen LogP contribution >= 0.6 is 0 Å². The molecule has 0 saturated carbocycles. The largest absolute Gasteiger partial charge is 0.374 e. The Labute approximate surface area is 149 Å². The molecule has 0 aliphatic carbocycles. The molecule has 1 aromatic carbocycles. The maximum atomic E-state index is 12.5. The van der Waals surface area contributed by atoms with Gasteiger partial charge in [0.05, 0.1) is 17.9 Å². The van der Waals surface area contributed by atoms with Crippen molar-refractivity contribution in [2.45, 2.75) is 26.2 Å². The van der Waals surface area contributed by atoms with E-state index in [1.165, 1.54) is 24.9 Å². The van der Waals surface area contributed by atoms with E-state index in [1.54, 1.807) is 11.8 Å². The minimum atomic E-state index is 0.0840. The predicted octanol–water partition coefficient (Wildman–Crippen LogP) is 1.78. The number of carbonyl (C=O) groups is 2. The van der Waals surface area contributed by atoms with Crippen molar-refractivity contribution in [3.8, 4) is 0 Å². The van der Waals surface area contributed by atoms with E-state index >= 15 is 0 Å². The number of piperidine rings is 1. The Hall–Kier alpha value is -2.24. The third-order valence-corrected chi connectivity index (χ3v) is 5.11. The Kier molecular flexibility index (Phi) is 5.79. The number of benzene rings is 1. The van der Waals surface area contributed by atoms with Crippen LogP contribution in [-0.4, -0.2) is 67.4 Å². The number of carbonyl (C=O) groups excluding carboxylic acids is 2. The molecule has 2 aliphatic rings. The average molecular weight is 344 g/mol. The number of rotatable bonds is 4. The average Bonchev–Trinajstić information content (AvgIpc) is 2.67. The summed E-state index contributed by atoms with van der Waals surface area (Å²) in [7, 11) is 0. The summed E-state index contributed by atoms with van der Waals surface area (Å²) in [6, 6.07) is 8.23. The van der Waals surface area contributed by atoms with E-state index in [0.717, 1.165) is 18.8 Å². The summed E-state index contributed by atoms with van der Waals surface area (Å²) in [6.45, 7) is 6.54. The van der Waals surface area contributed by atoms with Crippen molar-refractivity contribution in [3.63, 3.8) is 0 Å². The summed E-state index contributed by atoms with van der Waals surface area (Å²) < 4.78 is 0. The van der Waals surface area contributed by atoms with Crippen LogP contribution in [0.15, 0.2) is 24.3 Å². The first-order chi connectivity index (χ1) is 12.1. The summed E-state index contributed by atoms with van der Waals surface area (Å²) in [5, 5.41) is 3.33. The first-order valence-corrected chi connectivity index (χ1v) is 9.26. The zero-order valence-electron chi connectivity index (χ0n) is 15.0. The highest BCUT2D eigenvalue weighted by molar-refractivity contribution is 5.83. The Morgan fingerprint density at radius 1 is 0.920 bits per heavy atom. The van der Waals surface area contributed by atoms with Crippen molar-refractivity contribution in [2.24, 2.45) is 0 Å². The first-order valence-electron chi connectivity index (χ1n) is 9.26. The number of para-hydroxylation sites is 2. The summed E-state index contributed by atoms with van der Waals surface area (Å²) in [5.74, 6) is 0.178. The zero-order chi connectivity index (χ0) is 17.6. The van der Waals surface area contributed by atoms with Crippen molar-refractivity contribution in [2.75, 3.05) is 56.0 Å². The number of anilines is 2. The van der Waals surface area contributed by atoms with Gasteiger partial charge in [-0.3, -0.25) is 9.59 Å². The number of piperazine rings is 1. The van der Waals surface area contributed by atoms with Gasteiger partial charge >= 0.3 is 0 Å². The van der Waals surface area contributed by atoms with Crippen LogP contribution in [0.1, 0.15) is 26.2 Å². The van der Waals surface area contributed by atoms with Gasteiger partial charge in [-0.2, -0.15) is 0 Å². The highest BCUT2D eigenvalue weighted by atomic mass is 16.2. The molecule has 0 aromatic heterocycles. The van der Waals surface area contributed by atoms with E-state index < -0.39 is 0 Å². The molecule has 1 aromatic rings. The van der Waals surface area contributed by atoms with Crippen molar-refractivity contribution in [3.05, 3.63) is 24.3 Å². The fraction of sp³-hybridized carbons (Fsp3) is 0.579. The lowest BCUT2D eigenvalue weighted by Gasteiger charge is -2.34. The third kappa shape index (κ3) is 4.44. The lowest BCUT2D eigenvalue weighted by molar-refractivity contribution is -0.137. The molecule has 6 heteroatoms. The number of nitrogens with zero attached hydrogens (tertiary/aromatic N) is 3. The normalized spacial score (nSPS) is 18.2. The second-order valence-electron chi connectivity index (χ2n) is 6.81. The Morgan fingerprint density at radius 2 is 1.56 bits per heavy atom. The highest BCUT2D eigenvalue weighted by Crippen LogP contribution is 2.28. The maximum absolute atomic E-state index is 12.5. The molecule has 2 heterocycles. The second-order valence-corrected chi connectivity index (χ2v) is 6.81. The minimum absolute atomic E-state index is 0.0840. The van der Waals surface area contributed by atoms with Gasteiger partial charge in [-0.1, -0.05) is 12.1 Å². The first kappa shape index (κ1) is 17.6. The number of hydrogen-bond acceptors (Lipinski definition) is 4. The Bertz CT molecular complexity index is 605. The van der Waals surface area contributed by atoms with Gasteiger partial charge < -0.3 is 20.0 Å². The van der Waals surface area contributed by atoms with Gasteiger partial charge in [0.15, 0.2) is 0 Å². The minimum Gasteiger partial charge on any atom is -0.374 e. The quantitative estimate of drug-likeness (QED) is 0.905. The molecular formula is C19H28N4O2. The third-order valence-electron chi connectivity index (χ3n) is 5.11. The van der Waals surface area contributed by atoms with Gasteiger partial charge in [0, 0.05) is 46.2 Å². The van der Waals surface area contributed by atoms with E-state index in [9.17, 15) is 9.59 Å². The molecule has 0 unspecified atom stereocenters. The standard InChI is InChI=1S/C19H28N4O2/c1-16(24)21-11-13-23(14-12-21)19(25)15-20-17-7-3-4-8-18(17)22-9-5-2-6-10-22/h3-4,7-8,20H,2,5-6,9-15H2,1H3. The van der Waals surface area contributed by atoms with E-state index in [0.29, 0.717) is 32.7 Å². The molecular weight excluding hydrogens is 316 g/mol. The Balaban J connectivity index is 1.55. The van der Waals surface area contributed by atoms with Crippen LogP contribution in [0.3, 0.4) is 0 Å². The molecule has 2 aliphatic heterocycles. The smallest absolute Gasteiger partial charge is 0.241 e. The van der Waals surface area contributed by atoms with Gasteiger partial charge in [-0.25, -0.2) is 0 Å². The summed E-state index contributed by atoms with van der Waals surface area (Å²) in [5.41, 5.74) is 2.22.